The van der Waals surface area contributed by atoms with E-state index in [0.29, 0.717) is 5.56 Å². The van der Waals surface area contributed by atoms with Crippen LogP contribution >= 0.6 is 0 Å². The number of aliphatic hydroxyl groups excluding tert-OH is 1. The molecule has 0 aliphatic carbocycles. The van der Waals surface area contributed by atoms with E-state index in [9.17, 15) is 12.8 Å². The van der Waals surface area contributed by atoms with Crippen LogP contribution in [0, 0.1) is 5.82 Å². The topological polar surface area (TPSA) is 79.5 Å². The summed E-state index contributed by atoms with van der Waals surface area (Å²) in [5.41, 5.74) is 0.629. The normalized spacial score (nSPS) is 13.3. The summed E-state index contributed by atoms with van der Waals surface area (Å²) in [6.45, 7) is 1.27. The standard InChI is InChI=1S/C13H14FNO4S/c1-9(10-2-4-11(14)5-3-10)15-20(17,18)13-7-6-12(8-16)19-13/h2-7,9,15-16H,8H2,1H3. The molecule has 7 heteroatoms. The summed E-state index contributed by atoms with van der Waals surface area (Å²) in [5.74, 6) is -0.220. The predicted octanol–water partition coefficient (Wildman–Crippen LogP) is 1.95. The number of sulfonamides is 1. The SMILES string of the molecule is CC(NS(=O)(=O)c1ccc(CO)o1)c1ccc(F)cc1. The van der Waals surface area contributed by atoms with Crippen molar-refractivity contribution in [3.63, 3.8) is 0 Å². The van der Waals surface area contributed by atoms with Crippen LogP contribution < -0.4 is 4.72 Å². The lowest BCUT2D eigenvalue weighted by atomic mass is 10.1. The molecule has 2 N–H and O–H groups in total. The second-order valence-electron chi connectivity index (χ2n) is 4.27. The van der Waals surface area contributed by atoms with Gasteiger partial charge in [0.15, 0.2) is 0 Å². The van der Waals surface area contributed by atoms with Gasteiger partial charge in [-0.1, -0.05) is 12.1 Å². The molecule has 0 bridgehead atoms. The third kappa shape index (κ3) is 3.24. The molecule has 0 fully saturated rings. The first-order valence-corrected chi connectivity index (χ1v) is 7.38. The smallest absolute Gasteiger partial charge is 0.274 e. The predicted molar refractivity (Wildman–Crippen MR) is 69.8 cm³/mol. The molecule has 2 rings (SSSR count). The van der Waals surface area contributed by atoms with Gasteiger partial charge in [-0.05, 0) is 36.8 Å². The van der Waals surface area contributed by atoms with Gasteiger partial charge in [-0.3, -0.25) is 0 Å². The number of hydrogen-bond donors (Lipinski definition) is 2. The Kier molecular flexibility index (Phi) is 4.22. The fourth-order valence-corrected chi connectivity index (χ4v) is 2.88. The minimum Gasteiger partial charge on any atom is -0.446 e. The molecular weight excluding hydrogens is 285 g/mol. The lowest BCUT2D eigenvalue weighted by Crippen LogP contribution is -2.26. The highest BCUT2D eigenvalue weighted by Crippen LogP contribution is 2.19. The maximum atomic E-state index is 12.8. The van der Waals surface area contributed by atoms with Crippen molar-refractivity contribution < 1.29 is 22.3 Å². The van der Waals surface area contributed by atoms with E-state index >= 15 is 0 Å². The van der Waals surface area contributed by atoms with E-state index in [1.54, 1.807) is 6.92 Å². The van der Waals surface area contributed by atoms with E-state index < -0.39 is 16.1 Å². The monoisotopic (exact) mass is 299 g/mol. The van der Waals surface area contributed by atoms with E-state index in [0.717, 1.165) is 0 Å². The Hall–Kier alpha value is -1.70. The quantitative estimate of drug-likeness (QED) is 0.884. The summed E-state index contributed by atoms with van der Waals surface area (Å²) in [5, 5.41) is 8.59. The summed E-state index contributed by atoms with van der Waals surface area (Å²) in [7, 11) is -3.83. The molecule has 1 atom stereocenters. The number of furan rings is 1. The second-order valence-corrected chi connectivity index (χ2v) is 5.92. The zero-order chi connectivity index (χ0) is 14.8. The highest BCUT2D eigenvalue weighted by Gasteiger charge is 2.22. The van der Waals surface area contributed by atoms with E-state index in [1.807, 2.05) is 0 Å². The van der Waals surface area contributed by atoms with Crippen molar-refractivity contribution in [2.24, 2.45) is 0 Å². The molecule has 5 nitrogen and oxygen atoms in total. The first kappa shape index (κ1) is 14.7. The van der Waals surface area contributed by atoms with E-state index in [-0.39, 0.29) is 23.3 Å². The molecule has 1 unspecified atom stereocenters. The number of benzene rings is 1. The molecular formula is C13H14FNO4S. The van der Waals surface area contributed by atoms with Gasteiger partial charge < -0.3 is 9.52 Å². The molecule has 0 spiro atoms. The van der Waals surface area contributed by atoms with E-state index in [1.165, 1.54) is 36.4 Å². The van der Waals surface area contributed by atoms with Gasteiger partial charge >= 0.3 is 0 Å². The molecule has 1 aromatic carbocycles. The number of halogens is 1. The minimum absolute atomic E-state index is 0.166. The molecule has 2 aromatic rings. The lowest BCUT2D eigenvalue weighted by molar-refractivity contribution is 0.236. The zero-order valence-corrected chi connectivity index (χ0v) is 11.5. The molecule has 108 valence electrons. The van der Waals surface area contributed by atoms with Crippen molar-refractivity contribution in [2.75, 3.05) is 0 Å². The van der Waals surface area contributed by atoms with Crippen LogP contribution in [0.15, 0.2) is 45.9 Å². The molecule has 0 aliphatic heterocycles. The van der Waals surface area contributed by atoms with Crippen molar-refractivity contribution in [2.45, 2.75) is 24.7 Å². The van der Waals surface area contributed by atoms with E-state index in [2.05, 4.69) is 4.72 Å². The Morgan fingerprint density at radius 3 is 2.45 bits per heavy atom. The number of nitrogens with one attached hydrogen (secondary N) is 1. The van der Waals surface area contributed by atoms with Crippen LogP contribution in [0.2, 0.25) is 0 Å². The van der Waals surface area contributed by atoms with Gasteiger partial charge in [0, 0.05) is 6.04 Å². The summed E-state index contributed by atoms with van der Waals surface area (Å²) in [6.07, 6.45) is 0. The molecule has 0 saturated carbocycles. The fraction of sp³-hybridized carbons (Fsp3) is 0.231. The molecule has 0 amide bonds. The summed E-state index contributed by atoms with van der Waals surface area (Å²) in [6, 6.07) is 7.65. The van der Waals surface area contributed by atoms with Crippen molar-refractivity contribution in [3.8, 4) is 0 Å². The highest BCUT2D eigenvalue weighted by molar-refractivity contribution is 7.89. The number of hydrogen-bond acceptors (Lipinski definition) is 4. The van der Waals surface area contributed by atoms with Crippen molar-refractivity contribution in [1.82, 2.24) is 4.72 Å². The maximum Gasteiger partial charge on any atom is 0.274 e. The number of rotatable bonds is 5. The Bertz CT molecular complexity index is 679. The lowest BCUT2D eigenvalue weighted by Gasteiger charge is -2.13. The van der Waals surface area contributed by atoms with Gasteiger partial charge in [-0.15, -0.1) is 0 Å². The van der Waals surface area contributed by atoms with Gasteiger partial charge in [0.25, 0.3) is 10.0 Å². The fourth-order valence-electron chi connectivity index (χ4n) is 1.70. The van der Waals surface area contributed by atoms with Gasteiger partial charge in [0.05, 0.1) is 0 Å². The van der Waals surface area contributed by atoms with Gasteiger partial charge in [-0.25, -0.2) is 17.5 Å². The molecule has 20 heavy (non-hydrogen) atoms. The van der Waals surface area contributed by atoms with Crippen LogP contribution in [-0.2, 0) is 16.6 Å². The molecule has 0 radical (unpaired) electrons. The van der Waals surface area contributed by atoms with Crippen molar-refractivity contribution in [3.05, 3.63) is 53.5 Å². The third-order valence-corrected chi connectivity index (χ3v) is 4.17. The Morgan fingerprint density at radius 2 is 1.90 bits per heavy atom. The Morgan fingerprint density at radius 1 is 1.25 bits per heavy atom. The van der Waals surface area contributed by atoms with Crippen LogP contribution in [0.3, 0.4) is 0 Å². The minimum atomic E-state index is -3.83. The molecule has 0 aliphatic rings. The van der Waals surface area contributed by atoms with Crippen LogP contribution in [-0.4, -0.2) is 13.5 Å². The van der Waals surface area contributed by atoms with Gasteiger partial charge in [-0.2, -0.15) is 0 Å². The Labute approximate surface area is 116 Å². The zero-order valence-electron chi connectivity index (χ0n) is 10.7. The third-order valence-electron chi connectivity index (χ3n) is 2.76. The van der Waals surface area contributed by atoms with Crippen molar-refractivity contribution >= 4 is 10.0 Å². The van der Waals surface area contributed by atoms with Crippen LogP contribution in [0.5, 0.6) is 0 Å². The van der Waals surface area contributed by atoms with Crippen LogP contribution in [0.1, 0.15) is 24.3 Å². The first-order valence-electron chi connectivity index (χ1n) is 5.90. The van der Waals surface area contributed by atoms with Crippen LogP contribution in [0.4, 0.5) is 4.39 Å². The van der Waals surface area contributed by atoms with Gasteiger partial charge in [0.1, 0.15) is 18.2 Å². The maximum absolute atomic E-state index is 12.8. The van der Waals surface area contributed by atoms with Gasteiger partial charge in [0.2, 0.25) is 5.09 Å². The number of aliphatic hydroxyl groups is 1. The molecule has 1 aromatic heterocycles. The first-order chi connectivity index (χ1) is 9.42. The largest absolute Gasteiger partial charge is 0.446 e. The average molecular weight is 299 g/mol. The average Bonchev–Trinajstić information content (AvgIpc) is 2.88. The van der Waals surface area contributed by atoms with Crippen molar-refractivity contribution in [1.29, 1.82) is 0 Å². The second kappa shape index (κ2) is 5.74. The summed E-state index contributed by atoms with van der Waals surface area (Å²) in [4.78, 5) is 0. The summed E-state index contributed by atoms with van der Waals surface area (Å²) < 4.78 is 44.3. The molecule has 0 saturated heterocycles. The highest BCUT2D eigenvalue weighted by atomic mass is 32.2. The Balaban J connectivity index is 2.17. The summed E-state index contributed by atoms with van der Waals surface area (Å²) >= 11 is 0. The van der Waals surface area contributed by atoms with Crippen LogP contribution in [0.25, 0.3) is 0 Å². The van der Waals surface area contributed by atoms with E-state index in [4.69, 9.17) is 9.52 Å². The molecule has 1 heterocycles.